The summed E-state index contributed by atoms with van der Waals surface area (Å²) in [5.74, 6) is 6.23. The number of hydrogen-bond donors (Lipinski definition) is 3. The molecule has 0 bridgehead atoms. The molecule has 2 rings (SSSR count). The molecule has 0 unspecified atom stereocenters. The molecular weight excluding hydrogens is 288 g/mol. The van der Waals surface area contributed by atoms with Crippen LogP contribution in [0.1, 0.15) is 18.3 Å². The van der Waals surface area contributed by atoms with Crippen molar-refractivity contribution in [3.8, 4) is 11.8 Å². The molecule has 110 valence electrons. The number of benzene rings is 1. The van der Waals surface area contributed by atoms with Gasteiger partial charge in [0, 0.05) is 17.7 Å². The molecule has 7 heteroatoms. The van der Waals surface area contributed by atoms with Gasteiger partial charge in [0.15, 0.2) is 5.03 Å². The van der Waals surface area contributed by atoms with Crippen molar-refractivity contribution in [1.82, 2.24) is 9.97 Å². The van der Waals surface area contributed by atoms with Gasteiger partial charge in [-0.2, -0.15) is 8.42 Å². The van der Waals surface area contributed by atoms with Gasteiger partial charge in [0.05, 0.1) is 12.7 Å². The third-order valence-electron chi connectivity index (χ3n) is 2.70. The number of H-pyrrole nitrogens is 1. The van der Waals surface area contributed by atoms with Gasteiger partial charge in [-0.15, -0.1) is 0 Å². The van der Waals surface area contributed by atoms with E-state index in [4.69, 9.17) is 5.73 Å². The zero-order valence-electron chi connectivity index (χ0n) is 11.6. The molecule has 1 heterocycles. The molecular formula is C14H16N4O2S. The lowest BCUT2D eigenvalue weighted by Crippen LogP contribution is -2.13. The zero-order chi connectivity index (χ0) is 15.3. The molecule has 0 radical (unpaired) electrons. The number of nitrogens with two attached hydrogens (primary N) is 1. The fourth-order valence-electron chi connectivity index (χ4n) is 1.64. The Morgan fingerprint density at radius 2 is 2.05 bits per heavy atom. The SMILES string of the molecule is CCc1ncc(S(=O)(=O)Nc2ccc(C#CCN)cc2)[nH]1. The summed E-state index contributed by atoms with van der Waals surface area (Å²) < 4.78 is 26.8. The van der Waals surface area contributed by atoms with Gasteiger partial charge in [-0.25, -0.2) is 4.98 Å². The van der Waals surface area contributed by atoms with Gasteiger partial charge in [-0.3, -0.25) is 4.72 Å². The third kappa shape index (κ3) is 3.84. The highest BCUT2D eigenvalue weighted by molar-refractivity contribution is 7.92. The van der Waals surface area contributed by atoms with Gasteiger partial charge >= 0.3 is 0 Å². The Labute approximate surface area is 123 Å². The normalized spacial score (nSPS) is 10.8. The van der Waals surface area contributed by atoms with E-state index >= 15 is 0 Å². The molecule has 0 saturated heterocycles. The lowest BCUT2D eigenvalue weighted by molar-refractivity contribution is 0.598. The highest BCUT2D eigenvalue weighted by Gasteiger charge is 2.16. The molecule has 0 fully saturated rings. The number of nitrogens with zero attached hydrogens (tertiary/aromatic N) is 1. The average Bonchev–Trinajstić information content (AvgIpc) is 2.96. The van der Waals surface area contributed by atoms with Crippen molar-refractivity contribution in [3.05, 3.63) is 41.9 Å². The van der Waals surface area contributed by atoms with Crippen LogP contribution in [0.2, 0.25) is 0 Å². The molecule has 6 nitrogen and oxygen atoms in total. The van der Waals surface area contributed by atoms with Gasteiger partial charge in [0.1, 0.15) is 5.82 Å². The van der Waals surface area contributed by atoms with E-state index in [2.05, 4.69) is 26.5 Å². The number of aryl methyl sites for hydroxylation is 1. The highest BCUT2D eigenvalue weighted by Crippen LogP contribution is 2.15. The molecule has 4 N–H and O–H groups in total. The quantitative estimate of drug-likeness (QED) is 0.736. The van der Waals surface area contributed by atoms with E-state index in [-0.39, 0.29) is 11.6 Å². The minimum absolute atomic E-state index is 0.0475. The van der Waals surface area contributed by atoms with Crippen LogP contribution in [0.25, 0.3) is 0 Å². The lowest BCUT2D eigenvalue weighted by Gasteiger charge is -2.06. The van der Waals surface area contributed by atoms with Crippen LogP contribution in [0.15, 0.2) is 35.5 Å². The Bertz CT molecular complexity index is 767. The van der Waals surface area contributed by atoms with Gasteiger partial charge in [-0.1, -0.05) is 18.8 Å². The zero-order valence-corrected chi connectivity index (χ0v) is 12.4. The van der Waals surface area contributed by atoms with Crippen molar-refractivity contribution in [1.29, 1.82) is 0 Å². The van der Waals surface area contributed by atoms with E-state index in [1.807, 2.05) is 6.92 Å². The number of sulfonamides is 1. The van der Waals surface area contributed by atoms with Crippen molar-refractivity contribution in [2.75, 3.05) is 11.3 Å². The minimum atomic E-state index is -3.66. The summed E-state index contributed by atoms with van der Waals surface area (Å²) in [6.45, 7) is 2.18. The molecule has 0 saturated carbocycles. The molecule has 1 aromatic heterocycles. The number of imidazole rings is 1. The van der Waals surface area contributed by atoms with Gasteiger partial charge in [0.25, 0.3) is 10.0 Å². The molecule has 2 aromatic rings. The van der Waals surface area contributed by atoms with Crippen molar-refractivity contribution >= 4 is 15.7 Å². The van der Waals surface area contributed by atoms with Crippen LogP contribution in [-0.4, -0.2) is 24.9 Å². The molecule has 0 spiro atoms. The Hall–Kier alpha value is -2.30. The number of aromatic nitrogens is 2. The molecule has 0 aliphatic heterocycles. The number of nitrogens with one attached hydrogen (secondary N) is 2. The average molecular weight is 304 g/mol. The largest absolute Gasteiger partial charge is 0.332 e. The van der Waals surface area contributed by atoms with E-state index in [1.54, 1.807) is 24.3 Å². The summed E-state index contributed by atoms with van der Waals surface area (Å²) in [7, 11) is -3.66. The van der Waals surface area contributed by atoms with Gasteiger partial charge in [-0.05, 0) is 24.3 Å². The maximum absolute atomic E-state index is 12.2. The van der Waals surface area contributed by atoms with E-state index in [0.29, 0.717) is 17.9 Å². The van der Waals surface area contributed by atoms with E-state index in [1.165, 1.54) is 6.20 Å². The summed E-state index contributed by atoms with van der Waals surface area (Å²) in [6.07, 6.45) is 1.95. The van der Waals surface area contributed by atoms with Crippen LogP contribution in [0.4, 0.5) is 5.69 Å². The Morgan fingerprint density at radius 1 is 1.33 bits per heavy atom. The summed E-state index contributed by atoms with van der Waals surface area (Å²) in [5.41, 5.74) is 6.53. The second-order valence-electron chi connectivity index (χ2n) is 4.24. The van der Waals surface area contributed by atoms with Crippen molar-refractivity contribution in [2.24, 2.45) is 5.73 Å². The van der Waals surface area contributed by atoms with E-state index in [9.17, 15) is 8.42 Å². The summed E-state index contributed by atoms with van der Waals surface area (Å²) >= 11 is 0. The Morgan fingerprint density at radius 3 is 2.62 bits per heavy atom. The fourth-order valence-corrected chi connectivity index (χ4v) is 2.64. The molecule has 0 atom stereocenters. The highest BCUT2D eigenvalue weighted by atomic mass is 32.2. The number of anilines is 1. The lowest BCUT2D eigenvalue weighted by atomic mass is 10.2. The van der Waals surface area contributed by atoms with Gasteiger partial charge < -0.3 is 10.7 Å². The molecule has 0 aliphatic carbocycles. The minimum Gasteiger partial charge on any atom is -0.332 e. The molecule has 0 amide bonds. The third-order valence-corrected chi connectivity index (χ3v) is 3.99. The predicted molar refractivity (Wildman–Crippen MR) is 81.1 cm³/mol. The van der Waals surface area contributed by atoms with Crippen LogP contribution < -0.4 is 10.5 Å². The van der Waals surface area contributed by atoms with Crippen molar-refractivity contribution in [3.63, 3.8) is 0 Å². The standard InChI is InChI=1S/C14H16N4O2S/c1-2-13-16-10-14(17-13)21(19,20)18-12-7-5-11(6-8-12)4-3-9-15/h5-8,10,18H,2,9,15H2,1H3,(H,16,17). The second kappa shape index (κ2) is 6.43. The maximum Gasteiger partial charge on any atom is 0.278 e. The van der Waals surface area contributed by atoms with Crippen LogP contribution in [0.3, 0.4) is 0 Å². The maximum atomic E-state index is 12.2. The molecule has 21 heavy (non-hydrogen) atoms. The van der Waals surface area contributed by atoms with Crippen molar-refractivity contribution in [2.45, 2.75) is 18.4 Å². The first-order valence-corrected chi connectivity index (χ1v) is 7.89. The first-order valence-electron chi connectivity index (χ1n) is 6.41. The molecule has 1 aromatic carbocycles. The van der Waals surface area contributed by atoms with Crippen LogP contribution >= 0.6 is 0 Å². The topological polar surface area (TPSA) is 101 Å². The number of rotatable bonds is 4. The summed E-state index contributed by atoms with van der Waals surface area (Å²) in [5, 5.41) is 0.0475. The first-order chi connectivity index (χ1) is 10.0. The molecule has 0 aliphatic rings. The van der Waals surface area contributed by atoms with E-state index < -0.39 is 10.0 Å². The van der Waals surface area contributed by atoms with E-state index in [0.717, 1.165) is 5.56 Å². The summed E-state index contributed by atoms with van der Waals surface area (Å²) in [6, 6.07) is 6.75. The van der Waals surface area contributed by atoms with Crippen LogP contribution in [-0.2, 0) is 16.4 Å². The smallest absolute Gasteiger partial charge is 0.278 e. The number of aromatic amines is 1. The monoisotopic (exact) mass is 304 g/mol. The number of hydrogen-bond acceptors (Lipinski definition) is 4. The fraction of sp³-hybridized carbons (Fsp3) is 0.214. The van der Waals surface area contributed by atoms with Crippen LogP contribution in [0, 0.1) is 11.8 Å². The van der Waals surface area contributed by atoms with Gasteiger partial charge in [0.2, 0.25) is 0 Å². The summed E-state index contributed by atoms with van der Waals surface area (Å²) in [4.78, 5) is 6.75. The second-order valence-corrected chi connectivity index (χ2v) is 5.89. The predicted octanol–water partition coefficient (Wildman–Crippen LogP) is 1.08. The Kier molecular flexibility index (Phi) is 4.62. The van der Waals surface area contributed by atoms with Crippen LogP contribution in [0.5, 0.6) is 0 Å². The van der Waals surface area contributed by atoms with Crippen molar-refractivity contribution < 1.29 is 8.42 Å². The first kappa shape index (κ1) is 15.1. The Balaban J connectivity index is 2.16.